The fourth-order valence-corrected chi connectivity index (χ4v) is 3.91. The molecule has 0 aromatic heterocycles. The number of carbonyl (C=O) groups excluding carboxylic acids is 2. The molecule has 1 heterocycles. The van der Waals surface area contributed by atoms with Crippen LogP contribution < -0.4 is 0 Å². The zero-order chi connectivity index (χ0) is 21.3. The summed E-state index contributed by atoms with van der Waals surface area (Å²) >= 11 is 6.20. The molecule has 3 aromatic carbocycles. The Balaban J connectivity index is 1.87. The molecule has 1 saturated heterocycles. The van der Waals surface area contributed by atoms with Crippen LogP contribution in [0.15, 0.2) is 84.4 Å². The molecule has 0 spiro atoms. The molecule has 1 N–H and O–H groups in total. The Morgan fingerprint density at radius 2 is 1.67 bits per heavy atom. The summed E-state index contributed by atoms with van der Waals surface area (Å²) in [6.07, 6.45) is 0. The van der Waals surface area contributed by atoms with Gasteiger partial charge in [0.1, 0.15) is 5.76 Å². The second kappa shape index (κ2) is 8.17. The summed E-state index contributed by atoms with van der Waals surface area (Å²) in [7, 11) is 0. The quantitative estimate of drug-likeness (QED) is 0.357. The third kappa shape index (κ3) is 3.74. The van der Waals surface area contributed by atoms with E-state index in [4.69, 9.17) is 11.6 Å². The minimum Gasteiger partial charge on any atom is -0.507 e. The molecule has 1 amide bonds. The molecule has 1 aliphatic rings. The van der Waals surface area contributed by atoms with Crippen molar-refractivity contribution in [1.82, 2.24) is 4.90 Å². The minimum atomic E-state index is -0.731. The van der Waals surface area contributed by atoms with Gasteiger partial charge in [-0.25, -0.2) is 0 Å². The number of rotatable bonds is 4. The van der Waals surface area contributed by atoms with Gasteiger partial charge in [-0.15, -0.1) is 0 Å². The van der Waals surface area contributed by atoms with Crippen molar-refractivity contribution in [1.29, 1.82) is 0 Å². The van der Waals surface area contributed by atoms with Gasteiger partial charge in [0.15, 0.2) is 0 Å². The van der Waals surface area contributed by atoms with Crippen molar-refractivity contribution in [2.24, 2.45) is 0 Å². The number of aryl methyl sites for hydroxylation is 1. The van der Waals surface area contributed by atoms with Crippen LogP contribution in [-0.4, -0.2) is 21.7 Å². The van der Waals surface area contributed by atoms with E-state index >= 15 is 0 Å². The Hall–Kier alpha value is -3.37. The summed E-state index contributed by atoms with van der Waals surface area (Å²) in [4.78, 5) is 27.5. The van der Waals surface area contributed by atoms with Gasteiger partial charge in [-0.3, -0.25) is 9.59 Å². The number of aliphatic hydroxyl groups excluding tert-OH is 1. The highest BCUT2D eigenvalue weighted by molar-refractivity contribution is 6.46. The van der Waals surface area contributed by atoms with E-state index in [2.05, 4.69) is 0 Å². The molecule has 3 aromatic rings. The molecule has 5 heteroatoms. The zero-order valence-electron chi connectivity index (χ0n) is 16.4. The Labute approximate surface area is 180 Å². The lowest BCUT2D eigenvalue weighted by atomic mass is 9.95. The number of hydrogen-bond acceptors (Lipinski definition) is 3. The van der Waals surface area contributed by atoms with Crippen molar-refractivity contribution in [3.63, 3.8) is 0 Å². The van der Waals surface area contributed by atoms with Crippen LogP contribution in [0, 0.1) is 6.92 Å². The second-order valence-electron chi connectivity index (χ2n) is 7.33. The van der Waals surface area contributed by atoms with Crippen molar-refractivity contribution in [3.8, 4) is 0 Å². The van der Waals surface area contributed by atoms with E-state index in [-0.39, 0.29) is 17.9 Å². The number of ketones is 1. The summed E-state index contributed by atoms with van der Waals surface area (Å²) in [6.45, 7) is 2.18. The van der Waals surface area contributed by atoms with E-state index in [1.165, 1.54) is 4.90 Å². The number of benzene rings is 3. The summed E-state index contributed by atoms with van der Waals surface area (Å²) in [6, 6.07) is 22.9. The average Bonchev–Trinajstić information content (AvgIpc) is 2.99. The topological polar surface area (TPSA) is 57.6 Å². The predicted molar refractivity (Wildman–Crippen MR) is 117 cm³/mol. The molecule has 1 aliphatic heterocycles. The molecule has 4 nitrogen and oxygen atoms in total. The second-order valence-corrected chi connectivity index (χ2v) is 7.77. The van der Waals surface area contributed by atoms with Gasteiger partial charge in [0, 0.05) is 17.1 Å². The highest BCUT2D eigenvalue weighted by Crippen LogP contribution is 2.40. The van der Waals surface area contributed by atoms with Crippen LogP contribution in [0.5, 0.6) is 0 Å². The van der Waals surface area contributed by atoms with Gasteiger partial charge in [-0.05, 0) is 30.2 Å². The van der Waals surface area contributed by atoms with Gasteiger partial charge in [0.25, 0.3) is 11.7 Å². The smallest absolute Gasteiger partial charge is 0.295 e. The van der Waals surface area contributed by atoms with Crippen LogP contribution in [0.3, 0.4) is 0 Å². The van der Waals surface area contributed by atoms with E-state index in [0.29, 0.717) is 16.1 Å². The number of nitrogens with zero attached hydrogens (tertiary/aromatic N) is 1. The van der Waals surface area contributed by atoms with Crippen LogP contribution in [0.2, 0.25) is 5.02 Å². The summed E-state index contributed by atoms with van der Waals surface area (Å²) in [5, 5.41) is 11.5. The van der Waals surface area contributed by atoms with Crippen LogP contribution in [-0.2, 0) is 16.1 Å². The molecule has 1 atom stereocenters. The Morgan fingerprint density at radius 1 is 0.967 bits per heavy atom. The molecule has 0 radical (unpaired) electrons. The zero-order valence-corrected chi connectivity index (χ0v) is 17.1. The third-order valence-electron chi connectivity index (χ3n) is 5.23. The number of likely N-dealkylation sites (tertiary alicyclic amines) is 1. The van der Waals surface area contributed by atoms with Crippen molar-refractivity contribution in [3.05, 3.63) is 112 Å². The summed E-state index contributed by atoms with van der Waals surface area (Å²) in [5.74, 6) is -1.53. The van der Waals surface area contributed by atoms with Crippen molar-refractivity contribution in [2.75, 3.05) is 0 Å². The lowest BCUT2D eigenvalue weighted by molar-refractivity contribution is -0.140. The molecule has 0 saturated carbocycles. The summed E-state index contributed by atoms with van der Waals surface area (Å²) in [5.41, 5.74) is 3.16. The predicted octanol–water partition coefficient (Wildman–Crippen LogP) is 5.27. The van der Waals surface area contributed by atoms with Crippen LogP contribution in [0.1, 0.15) is 28.3 Å². The highest BCUT2D eigenvalue weighted by atomic mass is 35.5. The van der Waals surface area contributed by atoms with E-state index in [9.17, 15) is 14.7 Å². The van der Waals surface area contributed by atoms with Crippen LogP contribution >= 0.6 is 11.6 Å². The van der Waals surface area contributed by atoms with Gasteiger partial charge in [-0.1, -0.05) is 83.9 Å². The highest BCUT2D eigenvalue weighted by Gasteiger charge is 2.46. The number of Topliss-reactive ketones (excluding diaryl/α,β-unsaturated/α-hetero) is 1. The van der Waals surface area contributed by atoms with Gasteiger partial charge in [0.2, 0.25) is 0 Å². The first-order valence-electron chi connectivity index (χ1n) is 9.60. The molecule has 150 valence electrons. The number of amides is 1. The summed E-state index contributed by atoms with van der Waals surface area (Å²) < 4.78 is 0. The first-order chi connectivity index (χ1) is 14.5. The molecule has 1 fully saturated rings. The van der Waals surface area contributed by atoms with Crippen LogP contribution in [0.25, 0.3) is 5.76 Å². The SMILES string of the molecule is Cc1ccc(/C(O)=C2\C(=O)C(=O)N(Cc3ccccc3)C2c2cccc(Cl)c2)cc1. The fraction of sp³-hybridized carbons (Fsp3) is 0.120. The third-order valence-corrected chi connectivity index (χ3v) is 5.46. The normalized spacial score (nSPS) is 18.1. The largest absolute Gasteiger partial charge is 0.507 e. The van der Waals surface area contributed by atoms with E-state index in [1.54, 1.807) is 30.3 Å². The minimum absolute atomic E-state index is 0.0713. The molecule has 1 unspecified atom stereocenters. The molecule has 4 rings (SSSR count). The van der Waals surface area contributed by atoms with Gasteiger partial charge in [0.05, 0.1) is 11.6 Å². The monoisotopic (exact) mass is 417 g/mol. The lowest BCUT2D eigenvalue weighted by Gasteiger charge is -2.25. The van der Waals surface area contributed by atoms with Crippen molar-refractivity contribution < 1.29 is 14.7 Å². The van der Waals surface area contributed by atoms with Crippen molar-refractivity contribution >= 4 is 29.1 Å². The molecule has 0 aliphatic carbocycles. The standard InChI is InChI=1S/C25H20ClNO3/c1-16-10-12-18(13-11-16)23(28)21-22(19-8-5-9-20(26)14-19)27(25(30)24(21)29)15-17-6-3-2-4-7-17/h2-14,22,28H,15H2,1H3/b23-21+. The molecule has 30 heavy (non-hydrogen) atoms. The Bertz CT molecular complexity index is 1140. The Kier molecular flexibility index (Phi) is 5.42. The number of hydrogen-bond donors (Lipinski definition) is 1. The van der Waals surface area contributed by atoms with Gasteiger partial charge >= 0.3 is 0 Å². The molecular formula is C25H20ClNO3. The van der Waals surface area contributed by atoms with Crippen molar-refractivity contribution in [2.45, 2.75) is 19.5 Å². The molecule has 0 bridgehead atoms. The van der Waals surface area contributed by atoms with Crippen LogP contribution in [0.4, 0.5) is 0 Å². The first-order valence-corrected chi connectivity index (χ1v) is 9.98. The van der Waals surface area contributed by atoms with E-state index in [0.717, 1.165) is 11.1 Å². The fourth-order valence-electron chi connectivity index (χ4n) is 3.71. The van der Waals surface area contributed by atoms with E-state index in [1.807, 2.05) is 55.5 Å². The Morgan fingerprint density at radius 3 is 2.33 bits per heavy atom. The molecular weight excluding hydrogens is 398 g/mol. The maximum absolute atomic E-state index is 13.0. The number of carbonyl (C=O) groups is 2. The maximum atomic E-state index is 13.0. The maximum Gasteiger partial charge on any atom is 0.295 e. The van der Waals surface area contributed by atoms with E-state index < -0.39 is 17.7 Å². The first kappa shape index (κ1) is 19.9. The van der Waals surface area contributed by atoms with Gasteiger partial charge in [-0.2, -0.15) is 0 Å². The average molecular weight is 418 g/mol. The van der Waals surface area contributed by atoms with Gasteiger partial charge < -0.3 is 10.0 Å². The lowest BCUT2D eigenvalue weighted by Crippen LogP contribution is -2.29. The number of halogens is 1. The number of aliphatic hydroxyl groups is 1.